The monoisotopic (exact) mass is 390 g/mol. The van der Waals surface area contributed by atoms with Crippen LogP contribution in [0, 0.1) is 0 Å². The number of hydrogen-bond acceptors (Lipinski definition) is 3. The van der Waals surface area contributed by atoms with E-state index in [9.17, 15) is 4.79 Å². The SMILES string of the molecule is CCn1c(=O)n(Cc2cc(OC)c(Br)cc2OC)c2ccccc21. The van der Waals surface area contributed by atoms with Crippen molar-refractivity contribution in [3.05, 3.63) is 56.9 Å². The van der Waals surface area contributed by atoms with Crippen molar-refractivity contribution in [1.82, 2.24) is 9.13 Å². The second-order valence-corrected chi connectivity index (χ2v) is 6.25. The Morgan fingerprint density at radius 1 is 1.00 bits per heavy atom. The lowest BCUT2D eigenvalue weighted by Gasteiger charge is -2.13. The number of rotatable bonds is 5. The average molecular weight is 391 g/mol. The molecular formula is C18H19BrN2O3. The summed E-state index contributed by atoms with van der Waals surface area (Å²) in [7, 11) is 3.24. The van der Waals surface area contributed by atoms with Gasteiger partial charge in [-0.05, 0) is 47.1 Å². The predicted octanol–water partition coefficient (Wildman–Crippen LogP) is 3.65. The molecule has 0 saturated heterocycles. The Morgan fingerprint density at radius 3 is 2.21 bits per heavy atom. The first-order valence-electron chi connectivity index (χ1n) is 7.69. The van der Waals surface area contributed by atoms with E-state index in [1.165, 1.54) is 0 Å². The molecule has 3 rings (SSSR count). The summed E-state index contributed by atoms with van der Waals surface area (Å²) >= 11 is 3.46. The molecule has 0 unspecified atom stereocenters. The molecule has 0 aliphatic heterocycles. The standard InChI is InChI=1S/C18H19BrN2O3/c1-4-20-14-7-5-6-8-15(14)21(18(20)22)11-12-9-17(24-3)13(19)10-16(12)23-2/h5-10H,4,11H2,1-3H3. The molecule has 0 saturated carbocycles. The summed E-state index contributed by atoms with van der Waals surface area (Å²) in [6, 6.07) is 11.6. The molecule has 0 fully saturated rings. The van der Waals surface area contributed by atoms with Gasteiger partial charge in [0.15, 0.2) is 0 Å². The maximum atomic E-state index is 12.8. The molecule has 0 atom stereocenters. The molecule has 0 bridgehead atoms. The highest BCUT2D eigenvalue weighted by molar-refractivity contribution is 9.10. The van der Waals surface area contributed by atoms with Gasteiger partial charge in [-0.15, -0.1) is 0 Å². The van der Waals surface area contributed by atoms with Crippen LogP contribution < -0.4 is 15.2 Å². The highest BCUT2D eigenvalue weighted by Crippen LogP contribution is 2.33. The molecule has 0 N–H and O–H groups in total. The average Bonchev–Trinajstić information content (AvgIpc) is 2.87. The van der Waals surface area contributed by atoms with Gasteiger partial charge in [-0.2, -0.15) is 0 Å². The minimum absolute atomic E-state index is 0.0253. The van der Waals surface area contributed by atoms with Crippen LogP contribution in [-0.2, 0) is 13.1 Å². The normalized spacial score (nSPS) is 11.0. The number of para-hydroxylation sites is 2. The highest BCUT2D eigenvalue weighted by Gasteiger charge is 2.15. The third-order valence-electron chi connectivity index (χ3n) is 4.12. The topological polar surface area (TPSA) is 45.4 Å². The van der Waals surface area contributed by atoms with E-state index in [0.717, 1.165) is 21.1 Å². The number of aryl methyl sites for hydroxylation is 1. The van der Waals surface area contributed by atoms with Gasteiger partial charge in [-0.25, -0.2) is 4.79 Å². The maximum absolute atomic E-state index is 12.8. The first-order valence-corrected chi connectivity index (χ1v) is 8.48. The van der Waals surface area contributed by atoms with E-state index in [1.54, 1.807) is 23.4 Å². The van der Waals surface area contributed by atoms with E-state index in [1.807, 2.05) is 43.3 Å². The third kappa shape index (κ3) is 2.71. The Morgan fingerprint density at radius 2 is 1.62 bits per heavy atom. The molecule has 2 aromatic carbocycles. The minimum Gasteiger partial charge on any atom is -0.496 e. The van der Waals surface area contributed by atoms with Gasteiger partial charge in [0.2, 0.25) is 0 Å². The van der Waals surface area contributed by atoms with Gasteiger partial charge in [0.1, 0.15) is 11.5 Å². The highest BCUT2D eigenvalue weighted by atomic mass is 79.9. The number of nitrogens with zero attached hydrogens (tertiary/aromatic N) is 2. The second kappa shape index (κ2) is 6.73. The molecule has 126 valence electrons. The molecule has 6 heteroatoms. The van der Waals surface area contributed by atoms with Crippen LogP contribution >= 0.6 is 15.9 Å². The largest absolute Gasteiger partial charge is 0.496 e. The lowest BCUT2D eigenvalue weighted by Crippen LogP contribution is -2.24. The lowest BCUT2D eigenvalue weighted by molar-refractivity contribution is 0.395. The zero-order chi connectivity index (χ0) is 17.3. The quantitative estimate of drug-likeness (QED) is 0.667. The maximum Gasteiger partial charge on any atom is 0.329 e. The van der Waals surface area contributed by atoms with Crippen molar-refractivity contribution in [1.29, 1.82) is 0 Å². The number of halogens is 1. The molecule has 3 aromatic rings. The van der Waals surface area contributed by atoms with E-state index in [-0.39, 0.29) is 5.69 Å². The summed E-state index contributed by atoms with van der Waals surface area (Å²) in [5.74, 6) is 1.42. The van der Waals surface area contributed by atoms with Gasteiger partial charge in [0, 0.05) is 12.1 Å². The van der Waals surface area contributed by atoms with Gasteiger partial charge < -0.3 is 9.47 Å². The summed E-state index contributed by atoms with van der Waals surface area (Å²) < 4.78 is 15.2. The smallest absolute Gasteiger partial charge is 0.329 e. The van der Waals surface area contributed by atoms with Crippen molar-refractivity contribution in [3.63, 3.8) is 0 Å². The summed E-state index contributed by atoms with van der Waals surface area (Å²) in [4.78, 5) is 12.8. The molecular weight excluding hydrogens is 372 g/mol. The van der Waals surface area contributed by atoms with Crippen LogP contribution in [-0.4, -0.2) is 23.4 Å². The van der Waals surface area contributed by atoms with Crippen molar-refractivity contribution >= 4 is 27.0 Å². The number of imidazole rings is 1. The first kappa shape index (κ1) is 16.6. The molecule has 0 spiro atoms. The van der Waals surface area contributed by atoms with Crippen LogP contribution in [0.25, 0.3) is 11.0 Å². The number of benzene rings is 2. The molecule has 24 heavy (non-hydrogen) atoms. The fourth-order valence-electron chi connectivity index (χ4n) is 2.95. The molecule has 0 amide bonds. The van der Waals surface area contributed by atoms with Crippen LogP contribution in [0.5, 0.6) is 11.5 Å². The third-order valence-corrected chi connectivity index (χ3v) is 4.74. The molecule has 1 aromatic heterocycles. The molecule has 5 nitrogen and oxygen atoms in total. The van der Waals surface area contributed by atoms with Crippen LogP contribution in [0.2, 0.25) is 0 Å². The van der Waals surface area contributed by atoms with E-state index in [0.29, 0.717) is 24.6 Å². The Hall–Kier alpha value is -2.21. The van der Waals surface area contributed by atoms with Gasteiger partial charge in [0.05, 0.1) is 36.3 Å². The molecule has 0 aliphatic rings. The summed E-state index contributed by atoms with van der Waals surface area (Å²) in [5, 5.41) is 0. The van der Waals surface area contributed by atoms with Gasteiger partial charge in [0.25, 0.3) is 0 Å². The Bertz CT molecular complexity index is 943. The van der Waals surface area contributed by atoms with E-state index in [2.05, 4.69) is 15.9 Å². The van der Waals surface area contributed by atoms with Crippen LogP contribution in [0.3, 0.4) is 0 Å². The van der Waals surface area contributed by atoms with Crippen molar-refractivity contribution in [2.24, 2.45) is 0 Å². The van der Waals surface area contributed by atoms with E-state index >= 15 is 0 Å². The minimum atomic E-state index is -0.0253. The lowest BCUT2D eigenvalue weighted by atomic mass is 10.2. The Balaban J connectivity index is 2.18. The van der Waals surface area contributed by atoms with Crippen molar-refractivity contribution in [3.8, 4) is 11.5 Å². The number of aromatic nitrogens is 2. The van der Waals surface area contributed by atoms with Crippen molar-refractivity contribution in [2.75, 3.05) is 14.2 Å². The van der Waals surface area contributed by atoms with E-state index < -0.39 is 0 Å². The molecule has 0 aliphatic carbocycles. The number of ether oxygens (including phenoxy) is 2. The fraction of sp³-hybridized carbons (Fsp3) is 0.278. The first-order chi connectivity index (χ1) is 11.6. The second-order valence-electron chi connectivity index (χ2n) is 5.40. The zero-order valence-corrected chi connectivity index (χ0v) is 15.5. The molecule has 0 radical (unpaired) electrons. The Kier molecular flexibility index (Phi) is 4.66. The fourth-order valence-corrected chi connectivity index (χ4v) is 3.43. The van der Waals surface area contributed by atoms with Crippen LogP contribution in [0.4, 0.5) is 0 Å². The van der Waals surface area contributed by atoms with Crippen LogP contribution in [0.15, 0.2) is 45.7 Å². The summed E-state index contributed by atoms with van der Waals surface area (Å²) in [6.45, 7) is 3.02. The number of methoxy groups -OCH3 is 2. The number of hydrogen-bond donors (Lipinski definition) is 0. The van der Waals surface area contributed by atoms with Gasteiger partial charge >= 0.3 is 5.69 Å². The summed E-state index contributed by atoms with van der Waals surface area (Å²) in [6.07, 6.45) is 0. The van der Waals surface area contributed by atoms with Gasteiger partial charge in [-0.1, -0.05) is 12.1 Å². The van der Waals surface area contributed by atoms with Crippen molar-refractivity contribution in [2.45, 2.75) is 20.0 Å². The molecule has 1 heterocycles. The summed E-state index contributed by atoms with van der Waals surface area (Å²) in [5.41, 5.74) is 2.71. The Labute approximate surface area is 148 Å². The number of fused-ring (bicyclic) bond motifs is 1. The van der Waals surface area contributed by atoms with Crippen LogP contribution in [0.1, 0.15) is 12.5 Å². The van der Waals surface area contributed by atoms with E-state index in [4.69, 9.17) is 9.47 Å². The van der Waals surface area contributed by atoms with Gasteiger partial charge in [-0.3, -0.25) is 9.13 Å². The predicted molar refractivity (Wildman–Crippen MR) is 98.2 cm³/mol. The zero-order valence-electron chi connectivity index (χ0n) is 13.9. The van der Waals surface area contributed by atoms with Crippen molar-refractivity contribution < 1.29 is 9.47 Å².